The standard InChI is InChI=1S/C5H8ClNO3/c6-4(8)2-1-3(7)5(9)10/h3H,1-2,7H2,(H,9,10)/t3-/m0/s1. The van der Waals surface area contributed by atoms with Crippen molar-refractivity contribution in [3.63, 3.8) is 0 Å². The molecule has 0 fully saturated rings. The third-order valence-electron chi connectivity index (χ3n) is 0.969. The van der Waals surface area contributed by atoms with Crippen LogP contribution in [0, 0.1) is 0 Å². The highest BCUT2D eigenvalue weighted by atomic mass is 35.5. The lowest BCUT2D eigenvalue weighted by atomic mass is 10.2. The zero-order valence-electron chi connectivity index (χ0n) is 5.21. The smallest absolute Gasteiger partial charge is 0.320 e. The Bertz CT molecular complexity index is 148. The van der Waals surface area contributed by atoms with Crippen LogP contribution >= 0.6 is 11.6 Å². The second-order valence-corrected chi connectivity index (χ2v) is 2.26. The highest BCUT2D eigenvalue weighted by molar-refractivity contribution is 6.63. The Hall–Kier alpha value is -0.610. The van der Waals surface area contributed by atoms with Gasteiger partial charge in [0.15, 0.2) is 0 Å². The van der Waals surface area contributed by atoms with Crippen molar-refractivity contribution in [2.24, 2.45) is 5.73 Å². The van der Waals surface area contributed by atoms with Crippen LogP contribution < -0.4 is 5.73 Å². The minimum Gasteiger partial charge on any atom is -0.480 e. The van der Waals surface area contributed by atoms with E-state index in [4.69, 9.17) is 22.4 Å². The van der Waals surface area contributed by atoms with E-state index in [-0.39, 0.29) is 12.8 Å². The van der Waals surface area contributed by atoms with Crippen molar-refractivity contribution in [1.82, 2.24) is 0 Å². The molecule has 1 atom stereocenters. The number of carbonyl (C=O) groups excluding carboxylic acids is 1. The van der Waals surface area contributed by atoms with Gasteiger partial charge in [-0.2, -0.15) is 0 Å². The monoisotopic (exact) mass is 165 g/mol. The topological polar surface area (TPSA) is 80.4 Å². The molecule has 58 valence electrons. The van der Waals surface area contributed by atoms with E-state index in [2.05, 4.69) is 0 Å². The summed E-state index contributed by atoms with van der Waals surface area (Å²) >= 11 is 4.94. The summed E-state index contributed by atoms with van der Waals surface area (Å²) < 4.78 is 0. The quantitative estimate of drug-likeness (QED) is 0.572. The van der Waals surface area contributed by atoms with Gasteiger partial charge in [-0.3, -0.25) is 9.59 Å². The summed E-state index contributed by atoms with van der Waals surface area (Å²) in [5, 5.41) is 7.66. The molecule has 0 aromatic heterocycles. The van der Waals surface area contributed by atoms with E-state index in [9.17, 15) is 9.59 Å². The maximum atomic E-state index is 10.1. The van der Waals surface area contributed by atoms with Crippen LogP contribution in [0.2, 0.25) is 0 Å². The molecule has 0 aromatic carbocycles. The minimum atomic E-state index is -1.11. The molecular formula is C5H8ClNO3. The van der Waals surface area contributed by atoms with Gasteiger partial charge in [0, 0.05) is 6.42 Å². The largest absolute Gasteiger partial charge is 0.480 e. The van der Waals surface area contributed by atoms with Crippen LogP contribution in [0.15, 0.2) is 0 Å². The van der Waals surface area contributed by atoms with E-state index in [0.29, 0.717) is 0 Å². The number of hydrogen-bond acceptors (Lipinski definition) is 3. The molecule has 0 saturated heterocycles. The van der Waals surface area contributed by atoms with Gasteiger partial charge < -0.3 is 10.8 Å². The zero-order valence-corrected chi connectivity index (χ0v) is 5.97. The van der Waals surface area contributed by atoms with Crippen LogP contribution in [-0.2, 0) is 9.59 Å². The zero-order chi connectivity index (χ0) is 8.15. The molecule has 0 aliphatic heterocycles. The van der Waals surface area contributed by atoms with Crippen LogP contribution in [0.4, 0.5) is 0 Å². The van der Waals surface area contributed by atoms with Crippen molar-refractivity contribution in [2.75, 3.05) is 0 Å². The van der Waals surface area contributed by atoms with E-state index < -0.39 is 17.3 Å². The highest BCUT2D eigenvalue weighted by Gasteiger charge is 2.11. The van der Waals surface area contributed by atoms with E-state index in [1.807, 2.05) is 0 Å². The SMILES string of the molecule is N[C@@H](CCC(=O)Cl)C(=O)O. The van der Waals surface area contributed by atoms with Gasteiger partial charge in [0.2, 0.25) is 5.24 Å². The van der Waals surface area contributed by atoms with Crippen molar-refractivity contribution in [2.45, 2.75) is 18.9 Å². The minimum absolute atomic E-state index is 0.00895. The van der Waals surface area contributed by atoms with Gasteiger partial charge in [0.05, 0.1) is 0 Å². The van der Waals surface area contributed by atoms with Gasteiger partial charge in [0.25, 0.3) is 0 Å². The summed E-state index contributed by atoms with van der Waals surface area (Å²) in [5.74, 6) is -1.11. The van der Waals surface area contributed by atoms with E-state index >= 15 is 0 Å². The lowest BCUT2D eigenvalue weighted by molar-refractivity contribution is -0.138. The Labute approximate surface area is 63.0 Å². The average molecular weight is 166 g/mol. The van der Waals surface area contributed by atoms with Gasteiger partial charge in [-0.1, -0.05) is 0 Å². The lowest BCUT2D eigenvalue weighted by Gasteiger charge is -2.01. The van der Waals surface area contributed by atoms with Gasteiger partial charge in [-0.05, 0) is 18.0 Å². The highest BCUT2D eigenvalue weighted by Crippen LogP contribution is 1.97. The van der Waals surface area contributed by atoms with Gasteiger partial charge in [-0.25, -0.2) is 0 Å². The summed E-state index contributed by atoms with van der Waals surface area (Å²) in [6.45, 7) is 0. The van der Waals surface area contributed by atoms with Gasteiger partial charge in [-0.15, -0.1) is 0 Å². The normalized spacial score (nSPS) is 12.6. The molecule has 0 rings (SSSR count). The van der Waals surface area contributed by atoms with Crippen LogP contribution in [0.5, 0.6) is 0 Å². The summed E-state index contributed by atoms with van der Waals surface area (Å²) in [6, 6.07) is -0.984. The summed E-state index contributed by atoms with van der Waals surface area (Å²) in [4.78, 5) is 20.1. The lowest BCUT2D eigenvalue weighted by Crippen LogP contribution is -2.30. The van der Waals surface area contributed by atoms with Crippen molar-refractivity contribution >= 4 is 22.8 Å². The molecular weight excluding hydrogens is 158 g/mol. The van der Waals surface area contributed by atoms with Crippen LogP contribution in [0.1, 0.15) is 12.8 Å². The van der Waals surface area contributed by atoms with Crippen molar-refractivity contribution in [1.29, 1.82) is 0 Å². The van der Waals surface area contributed by atoms with E-state index in [1.165, 1.54) is 0 Å². The molecule has 0 saturated carbocycles. The maximum absolute atomic E-state index is 10.1. The molecule has 10 heavy (non-hydrogen) atoms. The summed E-state index contributed by atoms with van der Waals surface area (Å²) in [7, 11) is 0. The third-order valence-corrected chi connectivity index (χ3v) is 1.16. The third kappa shape index (κ3) is 4.29. The number of halogens is 1. The fourth-order valence-corrected chi connectivity index (χ4v) is 0.502. The molecule has 0 radical (unpaired) electrons. The fourth-order valence-electron chi connectivity index (χ4n) is 0.392. The second kappa shape index (κ2) is 4.24. The number of carbonyl (C=O) groups is 2. The van der Waals surface area contributed by atoms with Crippen LogP contribution in [0.25, 0.3) is 0 Å². The second-order valence-electron chi connectivity index (χ2n) is 1.84. The molecule has 5 heteroatoms. The number of carboxylic acid groups (broad SMARTS) is 1. The molecule has 0 unspecified atom stereocenters. The Kier molecular flexibility index (Phi) is 3.99. The predicted octanol–water partition coefficient (Wildman–Crippen LogP) is -0.0561. The Morgan fingerprint density at radius 2 is 2.10 bits per heavy atom. The molecule has 0 amide bonds. The predicted molar refractivity (Wildman–Crippen MR) is 35.7 cm³/mol. The first-order chi connectivity index (χ1) is 4.54. The Morgan fingerprint density at radius 1 is 1.60 bits per heavy atom. The van der Waals surface area contributed by atoms with Gasteiger partial charge in [0.1, 0.15) is 6.04 Å². The van der Waals surface area contributed by atoms with Crippen molar-refractivity contribution < 1.29 is 14.7 Å². The number of nitrogens with two attached hydrogens (primary N) is 1. The molecule has 0 aromatic rings. The molecule has 0 aliphatic rings. The summed E-state index contributed by atoms with van der Waals surface area (Å²) in [5.41, 5.74) is 5.05. The summed E-state index contributed by atoms with van der Waals surface area (Å²) in [6.07, 6.45) is 0.104. The van der Waals surface area contributed by atoms with Crippen LogP contribution in [-0.4, -0.2) is 22.4 Å². The van der Waals surface area contributed by atoms with Crippen LogP contribution in [0.3, 0.4) is 0 Å². The van der Waals surface area contributed by atoms with Gasteiger partial charge >= 0.3 is 5.97 Å². The first-order valence-electron chi connectivity index (χ1n) is 2.70. The maximum Gasteiger partial charge on any atom is 0.320 e. The molecule has 3 N–H and O–H groups in total. The first-order valence-corrected chi connectivity index (χ1v) is 3.08. The molecule has 0 bridgehead atoms. The Balaban J connectivity index is 3.49. The van der Waals surface area contributed by atoms with Crippen molar-refractivity contribution in [3.8, 4) is 0 Å². The number of aliphatic carboxylic acids is 1. The molecule has 0 spiro atoms. The molecule has 4 nitrogen and oxygen atoms in total. The number of rotatable bonds is 4. The fraction of sp³-hybridized carbons (Fsp3) is 0.600. The average Bonchev–Trinajstić information content (AvgIpc) is 1.82. The first kappa shape index (κ1) is 9.39. The number of hydrogen-bond donors (Lipinski definition) is 2. The molecule has 0 aliphatic carbocycles. The molecule has 0 heterocycles. The Morgan fingerprint density at radius 3 is 2.40 bits per heavy atom. The van der Waals surface area contributed by atoms with E-state index in [0.717, 1.165) is 0 Å². The van der Waals surface area contributed by atoms with Crippen molar-refractivity contribution in [3.05, 3.63) is 0 Å². The van der Waals surface area contributed by atoms with E-state index in [1.54, 1.807) is 0 Å². The number of carboxylic acids is 1.